The van der Waals surface area contributed by atoms with Gasteiger partial charge in [-0.25, -0.2) is 0 Å². The molecule has 0 amide bonds. The van der Waals surface area contributed by atoms with E-state index in [1.165, 1.54) is 6.08 Å². The van der Waals surface area contributed by atoms with E-state index in [2.05, 4.69) is 12.2 Å². The predicted octanol–water partition coefficient (Wildman–Crippen LogP) is 0.985. The second kappa shape index (κ2) is 3.91. The summed E-state index contributed by atoms with van der Waals surface area (Å²) in [6.45, 7) is 3.27. The number of allylic oxidation sites excluding steroid dienone is 1. The van der Waals surface area contributed by atoms with Gasteiger partial charge in [0.1, 0.15) is 0 Å². The molecule has 0 aliphatic carbocycles. The van der Waals surface area contributed by atoms with E-state index in [-0.39, 0.29) is 8.26 Å². The van der Waals surface area contributed by atoms with Crippen molar-refractivity contribution < 1.29 is 4.89 Å². The Labute approximate surface area is 32.5 Å². The molecule has 0 rings (SSSR count). The molecule has 0 aromatic rings. The van der Waals surface area contributed by atoms with E-state index in [9.17, 15) is 0 Å². The van der Waals surface area contributed by atoms with Gasteiger partial charge in [0.15, 0.2) is 0 Å². The maximum absolute atomic E-state index is 7.86. The van der Waals surface area contributed by atoms with Crippen molar-refractivity contribution in [2.75, 3.05) is 0 Å². The fraction of sp³-hybridized carbons (Fsp3) is 0. The van der Waals surface area contributed by atoms with Gasteiger partial charge in [-0.2, -0.15) is 0 Å². The molecule has 5 heavy (non-hydrogen) atoms. The van der Waals surface area contributed by atoms with Crippen LogP contribution in [-0.4, -0.2) is 4.89 Å². The summed E-state index contributed by atoms with van der Waals surface area (Å²) in [6.07, 6.45) is 1.42. The van der Waals surface area contributed by atoms with Gasteiger partial charge < -0.3 is 0 Å². The van der Waals surface area contributed by atoms with Gasteiger partial charge in [-0.15, -0.1) is 0 Å². The Balaban J connectivity index is 3.16. The molecular formula is C3H4OP+. The fourth-order valence-electron chi connectivity index (χ4n) is 0.0408. The number of rotatable bonds is 0. The van der Waals surface area contributed by atoms with Gasteiger partial charge in [-0.1, -0.05) is 0 Å². The quantitative estimate of drug-likeness (QED) is 0.437. The summed E-state index contributed by atoms with van der Waals surface area (Å²) in [5.41, 5.74) is 2.40. The number of hydrogen-bond acceptors (Lipinski definition) is 1. The number of hydrogen-bond donors (Lipinski definition) is 1. The van der Waals surface area contributed by atoms with Gasteiger partial charge in [-0.3, -0.25) is 0 Å². The van der Waals surface area contributed by atoms with Crippen LogP contribution < -0.4 is 0 Å². The van der Waals surface area contributed by atoms with Crippen molar-refractivity contribution in [1.29, 1.82) is 0 Å². The summed E-state index contributed by atoms with van der Waals surface area (Å²) in [4.78, 5) is 7.86. The Kier molecular flexibility index (Phi) is 3.84. The zero-order valence-electron chi connectivity index (χ0n) is 2.68. The molecule has 0 atom stereocenters. The molecule has 0 aromatic heterocycles. The third-order valence-electron chi connectivity index (χ3n) is 0.149. The molecule has 0 saturated carbocycles. The average molecular weight is 87.0 g/mol. The molecule has 0 spiro atoms. The minimum absolute atomic E-state index is 0.162. The van der Waals surface area contributed by atoms with Gasteiger partial charge in [0.25, 0.3) is 0 Å². The topological polar surface area (TPSA) is 20.2 Å². The van der Waals surface area contributed by atoms with Crippen LogP contribution in [0, 0.1) is 5.63 Å². The first-order valence-corrected chi connectivity index (χ1v) is 1.97. The summed E-state index contributed by atoms with van der Waals surface area (Å²) in [5, 5.41) is 0. The molecule has 0 bridgehead atoms. The van der Waals surface area contributed by atoms with E-state index >= 15 is 0 Å². The van der Waals surface area contributed by atoms with Crippen LogP contribution in [-0.2, 0) is 0 Å². The molecule has 0 aliphatic rings. The van der Waals surface area contributed by atoms with Crippen LogP contribution in [0.1, 0.15) is 0 Å². The molecule has 0 radical (unpaired) electrons. The molecule has 0 aromatic carbocycles. The summed E-state index contributed by atoms with van der Waals surface area (Å²) in [5.74, 6) is 0. The van der Waals surface area contributed by atoms with E-state index < -0.39 is 0 Å². The molecule has 0 saturated heterocycles. The molecular weight excluding hydrogens is 83.0 g/mol. The standard InChI is InChI=1S/C3H4OP/c1-2-3-5-4/h2,4H,1H2/q+1. The molecule has 1 N–H and O–H groups in total. The Morgan fingerprint density at radius 3 is 2.60 bits per heavy atom. The normalized spacial score (nSPS) is 5.00. The van der Waals surface area contributed by atoms with Gasteiger partial charge in [-0.05, 0) is 0 Å². The van der Waals surface area contributed by atoms with Crippen molar-refractivity contribution in [3.05, 3.63) is 12.7 Å². The van der Waals surface area contributed by atoms with Crippen molar-refractivity contribution in [2.24, 2.45) is 0 Å². The molecule has 0 aliphatic heterocycles. The van der Waals surface area contributed by atoms with E-state index in [4.69, 9.17) is 4.89 Å². The van der Waals surface area contributed by atoms with Crippen LogP contribution in [0.25, 0.3) is 0 Å². The third-order valence-corrected chi connectivity index (χ3v) is 0.447. The van der Waals surface area contributed by atoms with Crippen LogP contribution in [0.5, 0.6) is 0 Å². The van der Waals surface area contributed by atoms with Crippen LogP contribution in [0.2, 0.25) is 0 Å². The summed E-state index contributed by atoms with van der Waals surface area (Å²) >= 11 is 0. The third kappa shape index (κ3) is 3.91. The van der Waals surface area contributed by atoms with E-state index in [1.807, 2.05) is 0 Å². The predicted molar refractivity (Wildman–Crippen MR) is 23.2 cm³/mol. The maximum atomic E-state index is 7.86. The van der Waals surface area contributed by atoms with Crippen LogP contribution in [0.3, 0.4) is 0 Å². The Bertz CT molecular complexity index is 76.6. The van der Waals surface area contributed by atoms with Crippen LogP contribution in [0.4, 0.5) is 0 Å². The van der Waals surface area contributed by atoms with Crippen molar-refractivity contribution in [2.45, 2.75) is 0 Å². The monoisotopic (exact) mass is 87.0 g/mol. The van der Waals surface area contributed by atoms with Crippen LogP contribution >= 0.6 is 8.26 Å². The van der Waals surface area contributed by atoms with Gasteiger partial charge in [0.05, 0.1) is 0 Å². The van der Waals surface area contributed by atoms with E-state index in [1.54, 1.807) is 0 Å². The van der Waals surface area contributed by atoms with E-state index in [0.717, 1.165) is 0 Å². The first kappa shape index (κ1) is 4.91. The van der Waals surface area contributed by atoms with Gasteiger partial charge >= 0.3 is 31.4 Å². The Morgan fingerprint density at radius 1 is 2.00 bits per heavy atom. The Hall–Kier alpha value is -0.0900. The molecule has 0 fully saturated rings. The molecule has 26 valence electrons. The first-order valence-electron chi connectivity index (χ1n) is 1.12. The summed E-state index contributed by atoms with van der Waals surface area (Å²) < 4.78 is 0. The molecule has 0 unspecified atom stereocenters. The zero-order chi connectivity index (χ0) is 4.12. The first-order chi connectivity index (χ1) is 2.41. The molecule has 2 heteroatoms. The fourth-order valence-corrected chi connectivity index (χ4v) is 0.122. The average Bonchev–Trinajstić information content (AvgIpc) is 1.41. The summed E-state index contributed by atoms with van der Waals surface area (Å²) in [7, 11) is 0.162. The van der Waals surface area contributed by atoms with E-state index in [0.29, 0.717) is 0 Å². The molecule has 1 nitrogen and oxygen atoms in total. The molecule has 0 heterocycles. The summed E-state index contributed by atoms with van der Waals surface area (Å²) in [6, 6.07) is 0. The van der Waals surface area contributed by atoms with Gasteiger partial charge in [0, 0.05) is 0 Å². The van der Waals surface area contributed by atoms with Crippen LogP contribution in [0.15, 0.2) is 12.7 Å². The van der Waals surface area contributed by atoms with Gasteiger partial charge in [0.2, 0.25) is 0 Å². The second-order valence-corrected chi connectivity index (χ2v) is 0.891. The van der Waals surface area contributed by atoms with Crippen molar-refractivity contribution in [3.63, 3.8) is 0 Å². The minimum atomic E-state index is 0.162. The SMILES string of the molecule is C=CC#[P+]O. The Morgan fingerprint density at radius 2 is 2.60 bits per heavy atom. The van der Waals surface area contributed by atoms with Crippen molar-refractivity contribution in [3.8, 4) is 5.63 Å². The van der Waals surface area contributed by atoms with Crippen molar-refractivity contribution in [1.82, 2.24) is 0 Å². The second-order valence-electron chi connectivity index (χ2n) is 0.433. The van der Waals surface area contributed by atoms with Crippen molar-refractivity contribution >= 4 is 8.26 Å². The zero-order valence-corrected chi connectivity index (χ0v) is 3.57.